The number of imidazole rings is 1. The Hall–Kier alpha value is -2.30. The molecule has 1 N–H and O–H groups in total. The molecule has 4 nitrogen and oxygen atoms in total. The zero-order valence-corrected chi connectivity index (χ0v) is 12.8. The Morgan fingerprint density at radius 2 is 1.95 bits per heavy atom. The summed E-state index contributed by atoms with van der Waals surface area (Å²) in [6.07, 6.45) is 4.65. The quantitative estimate of drug-likeness (QED) is 0.733. The van der Waals surface area contributed by atoms with Crippen LogP contribution in [0.1, 0.15) is 5.56 Å². The average molecular weight is 332 g/mol. The highest BCUT2D eigenvalue weighted by Gasteiger charge is 2.03. The summed E-state index contributed by atoms with van der Waals surface area (Å²) in [7, 11) is 0. The fraction of sp³-hybridized carbons (Fsp3) is 0. The van der Waals surface area contributed by atoms with Crippen molar-refractivity contribution < 1.29 is 4.79 Å². The minimum atomic E-state index is -0.269. The molecule has 0 aliphatic carbocycles. The minimum Gasteiger partial charge on any atom is -0.268 e. The van der Waals surface area contributed by atoms with Gasteiger partial charge in [-0.1, -0.05) is 41.4 Å². The van der Waals surface area contributed by atoms with Gasteiger partial charge in [-0.25, -0.2) is 9.66 Å². The third-order valence-electron chi connectivity index (χ3n) is 3.06. The number of benzene rings is 2. The van der Waals surface area contributed by atoms with Crippen molar-refractivity contribution in [2.24, 2.45) is 0 Å². The lowest BCUT2D eigenvalue weighted by Crippen LogP contribution is -2.19. The molecule has 110 valence electrons. The molecule has 3 aromatic rings. The number of carbonyl (C=O) groups is 1. The fourth-order valence-electron chi connectivity index (χ4n) is 1.99. The Morgan fingerprint density at radius 1 is 1.14 bits per heavy atom. The van der Waals surface area contributed by atoms with Gasteiger partial charge in [0.15, 0.2) is 0 Å². The molecule has 0 aliphatic rings. The first-order valence-electron chi connectivity index (χ1n) is 6.50. The van der Waals surface area contributed by atoms with E-state index in [2.05, 4.69) is 10.4 Å². The first kappa shape index (κ1) is 14.6. The van der Waals surface area contributed by atoms with Crippen LogP contribution in [0.3, 0.4) is 0 Å². The largest absolute Gasteiger partial charge is 0.268 e. The van der Waals surface area contributed by atoms with Gasteiger partial charge in [-0.15, -0.1) is 0 Å². The summed E-state index contributed by atoms with van der Waals surface area (Å²) in [5.74, 6) is -0.269. The van der Waals surface area contributed by atoms with Gasteiger partial charge >= 0.3 is 0 Å². The SMILES string of the molecule is O=C(/C=C/c1ccc(Cl)c(Cl)c1)Nn1cnc2ccccc21. The first-order valence-corrected chi connectivity index (χ1v) is 7.25. The van der Waals surface area contributed by atoms with Crippen molar-refractivity contribution in [1.82, 2.24) is 9.66 Å². The van der Waals surface area contributed by atoms with Crippen LogP contribution in [-0.2, 0) is 4.79 Å². The maximum Gasteiger partial charge on any atom is 0.262 e. The summed E-state index contributed by atoms with van der Waals surface area (Å²) in [5.41, 5.74) is 5.17. The normalized spacial score (nSPS) is 11.2. The van der Waals surface area contributed by atoms with Crippen LogP contribution in [-0.4, -0.2) is 15.6 Å². The molecular weight excluding hydrogens is 321 g/mol. The second-order valence-electron chi connectivity index (χ2n) is 4.59. The Labute approximate surface area is 137 Å². The molecule has 1 heterocycles. The standard InChI is InChI=1S/C16H11Cl2N3O/c17-12-7-5-11(9-13(12)18)6-8-16(22)20-21-10-19-14-3-1-2-4-15(14)21/h1-10H,(H,20,22)/b8-6+. The summed E-state index contributed by atoms with van der Waals surface area (Å²) in [4.78, 5) is 16.2. The van der Waals surface area contributed by atoms with Crippen LogP contribution >= 0.6 is 23.2 Å². The number of hydrogen-bond donors (Lipinski definition) is 1. The number of fused-ring (bicyclic) bond motifs is 1. The molecule has 6 heteroatoms. The van der Waals surface area contributed by atoms with Crippen molar-refractivity contribution in [2.75, 3.05) is 5.43 Å². The molecule has 1 aromatic heterocycles. The highest BCUT2D eigenvalue weighted by molar-refractivity contribution is 6.42. The number of carbonyl (C=O) groups excluding carboxylic acids is 1. The number of nitrogens with one attached hydrogen (secondary N) is 1. The van der Waals surface area contributed by atoms with Crippen LogP contribution in [0.15, 0.2) is 54.9 Å². The van der Waals surface area contributed by atoms with E-state index in [1.807, 2.05) is 24.3 Å². The summed E-state index contributed by atoms with van der Waals surface area (Å²) in [6.45, 7) is 0. The van der Waals surface area contributed by atoms with E-state index < -0.39 is 0 Å². The van der Waals surface area contributed by atoms with Crippen molar-refractivity contribution >= 4 is 46.2 Å². The molecule has 0 fully saturated rings. The molecule has 0 saturated carbocycles. The predicted molar refractivity (Wildman–Crippen MR) is 89.6 cm³/mol. The minimum absolute atomic E-state index is 0.269. The molecule has 3 rings (SSSR count). The number of halogens is 2. The van der Waals surface area contributed by atoms with Gasteiger partial charge in [0.2, 0.25) is 0 Å². The zero-order valence-electron chi connectivity index (χ0n) is 11.3. The summed E-state index contributed by atoms with van der Waals surface area (Å²) < 4.78 is 1.58. The van der Waals surface area contributed by atoms with E-state index in [-0.39, 0.29) is 5.91 Å². The number of rotatable bonds is 3. The summed E-state index contributed by atoms with van der Waals surface area (Å²) in [5, 5.41) is 0.929. The molecule has 22 heavy (non-hydrogen) atoms. The van der Waals surface area contributed by atoms with Crippen molar-refractivity contribution in [3.63, 3.8) is 0 Å². The van der Waals surface area contributed by atoms with Gasteiger partial charge in [0.1, 0.15) is 6.33 Å². The maximum atomic E-state index is 12.0. The molecule has 0 aliphatic heterocycles. The van der Waals surface area contributed by atoms with E-state index in [1.165, 1.54) is 6.08 Å². The van der Waals surface area contributed by atoms with Crippen LogP contribution in [0.5, 0.6) is 0 Å². The predicted octanol–water partition coefficient (Wildman–Crippen LogP) is 4.13. The Balaban J connectivity index is 1.74. The van der Waals surface area contributed by atoms with Crippen molar-refractivity contribution in [3.8, 4) is 0 Å². The third kappa shape index (κ3) is 3.13. The van der Waals surface area contributed by atoms with Gasteiger partial charge in [0.05, 0.1) is 21.1 Å². The highest BCUT2D eigenvalue weighted by Crippen LogP contribution is 2.23. The Bertz CT molecular complexity index is 871. The third-order valence-corrected chi connectivity index (χ3v) is 3.79. The van der Waals surface area contributed by atoms with Crippen LogP contribution < -0.4 is 5.43 Å². The maximum absolute atomic E-state index is 12.0. The molecule has 0 bridgehead atoms. The van der Waals surface area contributed by atoms with Gasteiger partial charge < -0.3 is 0 Å². The lowest BCUT2D eigenvalue weighted by molar-refractivity contribution is -0.112. The van der Waals surface area contributed by atoms with Crippen molar-refractivity contribution in [1.29, 1.82) is 0 Å². The zero-order chi connectivity index (χ0) is 15.5. The first-order chi connectivity index (χ1) is 10.6. The summed E-state index contributed by atoms with van der Waals surface area (Å²) >= 11 is 11.8. The number of aromatic nitrogens is 2. The topological polar surface area (TPSA) is 46.9 Å². The molecule has 0 radical (unpaired) electrons. The summed E-state index contributed by atoms with van der Waals surface area (Å²) in [6, 6.07) is 12.7. The van der Waals surface area contributed by atoms with Gasteiger partial charge in [0.25, 0.3) is 5.91 Å². The number of nitrogens with zero attached hydrogens (tertiary/aromatic N) is 2. The average Bonchev–Trinajstić information content (AvgIpc) is 2.92. The molecule has 0 atom stereocenters. The Morgan fingerprint density at radius 3 is 2.77 bits per heavy atom. The fourth-order valence-corrected chi connectivity index (χ4v) is 2.30. The van der Waals surface area contributed by atoms with Crippen LogP contribution in [0, 0.1) is 0 Å². The molecule has 0 saturated heterocycles. The van der Waals surface area contributed by atoms with Crippen molar-refractivity contribution in [3.05, 3.63) is 70.5 Å². The van der Waals surface area contributed by atoms with Gasteiger partial charge in [-0.2, -0.15) is 0 Å². The smallest absolute Gasteiger partial charge is 0.262 e. The van der Waals surface area contributed by atoms with Gasteiger partial charge in [-0.05, 0) is 35.9 Å². The van der Waals surface area contributed by atoms with E-state index in [9.17, 15) is 4.79 Å². The van der Waals surface area contributed by atoms with Gasteiger partial charge in [-0.3, -0.25) is 10.2 Å². The van der Waals surface area contributed by atoms with Crippen LogP contribution in [0.4, 0.5) is 0 Å². The molecular formula is C16H11Cl2N3O. The van der Waals surface area contributed by atoms with E-state index >= 15 is 0 Å². The Kier molecular flexibility index (Phi) is 4.13. The monoisotopic (exact) mass is 331 g/mol. The molecule has 0 unspecified atom stereocenters. The van der Waals surface area contributed by atoms with E-state index in [1.54, 1.807) is 35.3 Å². The second-order valence-corrected chi connectivity index (χ2v) is 5.40. The second kappa shape index (κ2) is 6.22. The molecule has 2 aromatic carbocycles. The lowest BCUT2D eigenvalue weighted by atomic mass is 10.2. The highest BCUT2D eigenvalue weighted by atomic mass is 35.5. The number of para-hydroxylation sites is 2. The van der Waals surface area contributed by atoms with Crippen molar-refractivity contribution in [2.45, 2.75) is 0 Å². The van der Waals surface area contributed by atoms with E-state index in [0.717, 1.165) is 16.6 Å². The van der Waals surface area contributed by atoms with E-state index in [4.69, 9.17) is 23.2 Å². The van der Waals surface area contributed by atoms with Crippen LogP contribution in [0.2, 0.25) is 10.0 Å². The van der Waals surface area contributed by atoms with E-state index in [0.29, 0.717) is 10.0 Å². The number of amides is 1. The van der Waals surface area contributed by atoms with Gasteiger partial charge in [0, 0.05) is 6.08 Å². The number of hydrogen-bond acceptors (Lipinski definition) is 2. The molecule has 0 spiro atoms. The van der Waals surface area contributed by atoms with Crippen LogP contribution in [0.25, 0.3) is 17.1 Å². The molecule has 1 amide bonds. The lowest BCUT2D eigenvalue weighted by Gasteiger charge is -2.04.